The molecule has 100 valence electrons. The van der Waals surface area contributed by atoms with Gasteiger partial charge in [-0.1, -0.05) is 12.1 Å². The maximum absolute atomic E-state index is 12.3. The van der Waals surface area contributed by atoms with Gasteiger partial charge in [0.15, 0.2) is 9.84 Å². The first-order valence-electron chi connectivity index (χ1n) is 6.28. The smallest absolute Gasteiger partial charge is 0.157 e. The van der Waals surface area contributed by atoms with Crippen molar-refractivity contribution in [2.45, 2.75) is 30.3 Å². The number of hydrogen-bond donors (Lipinski definition) is 2. The van der Waals surface area contributed by atoms with E-state index in [1.54, 1.807) is 12.1 Å². The maximum Gasteiger partial charge on any atom is 0.157 e. The fourth-order valence-corrected chi connectivity index (χ4v) is 4.18. The zero-order valence-electron chi connectivity index (χ0n) is 10.3. The van der Waals surface area contributed by atoms with E-state index in [-0.39, 0.29) is 16.8 Å². The minimum absolute atomic E-state index is 0.0674. The van der Waals surface area contributed by atoms with Crippen LogP contribution in [0.4, 0.5) is 0 Å². The van der Waals surface area contributed by atoms with Gasteiger partial charge in [-0.05, 0) is 50.0 Å². The fourth-order valence-electron chi connectivity index (χ4n) is 2.29. The normalized spacial score (nSPS) is 21.4. The van der Waals surface area contributed by atoms with E-state index < -0.39 is 9.84 Å². The van der Waals surface area contributed by atoms with Gasteiger partial charge in [-0.15, -0.1) is 0 Å². The third kappa shape index (κ3) is 3.46. The zero-order valence-corrected chi connectivity index (χ0v) is 11.1. The standard InChI is InChI=1S/C13H19NO3S/c15-12-5-3-11(4-6-12)10-18(16,17)13-2-1-8-14-9-7-13/h3-6,13-15H,1-2,7-10H2. The highest BCUT2D eigenvalue weighted by molar-refractivity contribution is 7.91. The predicted octanol–water partition coefficient (Wildman–Crippen LogP) is 1.45. The SMILES string of the molecule is O=S(=O)(Cc1ccc(O)cc1)C1CCCNCC1. The number of sulfone groups is 1. The highest BCUT2D eigenvalue weighted by atomic mass is 32.2. The number of aromatic hydroxyl groups is 1. The largest absolute Gasteiger partial charge is 0.508 e. The van der Waals surface area contributed by atoms with Crippen LogP contribution in [0.1, 0.15) is 24.8 Å². The highest BCUT2D eigenvalue weighted by Gasteiger charge is 2.26. The summed E-state index contributed by atoms with van der Waals surface area (Å²) in [5.74, 6) is 0.229. The molecule has 1 aliphatic heterocycles. The van der Waals surface area contributed by atoms with E-state index in [0.717, 1.165) is 31.5 Å². The Kier molecular flexibility index (Phi) is 4.24. The molecular formula is C13H19NO3S. The number of rotatable bonds is 3. The molecule has 1 atom stereocenters. The number of benzene rings is 1. The van der Waals surface area contributed by atoms with E-state index >= 15 is 0 Å². The zero-order chi connectivity index (χ0) is 13.0. The number of phenols is 1. The summed E-state index contributed by atoms with van der Waals surface area (Å²) < 4.78 is 24.6. The lowest BCUT2D eigenvalue weighted by Crippen LogP contribution is -2.24. The molecule has 0 aromatic heterocycles. The lowest BCUT2D eigenvalue weighted by atomic mass is 10.2. The van der Waals surface area contributed by atoms with Gasteiger partial charge in [0.1, 0.15) is 5.75 Å². The second-order valence-corrected chi connectivity index (χ2v) is 7.06. The lowest BCUT2D eigenvalue weighted by molar-refractivity contribution is 0.475. The van der Waals surface area contributed by atoms with Crippen molar-refractivity contribution in [2.75, 3.05) is 13.1 Å². The Hall–Kier alpha value is -1.07. The second-order valence-electron chi connectivity index (χ2n) is 4.78. The monoisotopic (exact) mass is 269 g/mol. The van der Waals surface area contributed by atoms with Gasteiger partial charge in [0, 0.05) is 0 Å². The van der Waals surface area contributed by atoms with Gasteiger partial charge in [-0.3, -0.25) is 0 Å². The number of hydrogen-bond acceptors (Lipinski definition) is 4. The molecule has 1 saturated heterocycles. The van der Waals surface area contributed by atoms with Crippen LogP contribution in [-0.2, 0) is 15.6 Å². The molecule has 1 aromatic carbocycles. The summed E-state index contributed by atoms with van der Waals surface area (Å²) in [7, 11) is -3.09. The van der Waals surface area contributed by atoms with Crippen LogP contribution >= 0.6 is 0 Å². The average molecular weight is 269 g/mol. The van der Waals surface area contributed by atoms with Crippen LogP contribution in [0.3, 0.4) is 0 Å². The van der Waals surface area contributed by atoms with Crippen molar-refractivity contribution in [3.05, 3.63) is 29.8 Å². The van der Waals surface area contributed by atoms with Crippen LogP contribution in [0.5, 0.6) is 5.75 Å². The van der Waals surface area contributed by atoms with E-state index in [1.807, 2.05) is 0 Å². The van der Waals surface area contributed by atoms with E-state index in [1.165, 1.54) is 12.1 Å². The molecule has 2 N–H and O–H groups in total. The van der Waals surface area contributed by atoms with Crippen molar-refractivity contribution in [2.24, 2.45) is 0 Å². The van der Waals surface area contributed by atoms with Gasteiger partial charge < -0.3 is 10.4 Å². The lowest BCUT2D eigenvalue weighted by Gasteiger charge is -2.14. The molecule has 0 radical (unpaired) electrons. The molecule has 1 aromatic rings. The number of nitrogens with one attached hydrogen (secondary N) is 1. The van der Waals surface area contributed by atoms with Gasteiger partial charge in [-0.25, -0.2) is 8.42 Å². The third-order valence-corrected chi connectivity index (χ3v) is 5.56. The molecule has 0 amide bonds. The molecule has 0 bridgehead atoms. The van der Waals surface area contributed by atoms with Crippen LogP contribution in [0.25, 0.3) is 0 Å². The van der Waals surface area contributed by atoms with Crippen LogP contribution < -0.4 is 5.32 Å². The summed E-state index contributed by atoms with van der Waals surface area (Å²) in [5, 5.41) is 12.2. The van der Waals surface area contributed by atoms with Crippen molar-refractivity contribution in [1.29, 1.82) is 0 Å². The van der Waals surface area contributed by atoms with Crippen LogP contribution in [-0.4, -0.2) is 31.9 Å². The van der Waals surface area contributed by atoms with Gasteiger partial charge in [-0.2, -0.15) is 0 Å². The minimum Gasteiger partial charge on any atom is -0.508 e. The Bertz CT molecular complexity index is 473. The summed E-state index contributed by atoms with van der Waals surface area (Å²) >= 11 is 0. The van der Waals surface area contributed by atoms with Crippen molar-refractivity contribution in [1.82, 2.24) is 5.32 Å². The Labute approximate surface area is 108 Å². The van der Waals surface area contributed by atoms with Crippen molar-refractivity contribution in [3.8, 4) is 5.75 Å². The molecule has 1 aliphatic rings. The number of phenolic OH excluding ortho intramolecular Hbond substituents is 1. The summed E-state index contributed by atoms with van der Waals surface area (Å²) in [6, 6.07) is 6.39. The Morgan fingerprint density at radius 2 is 1.89 bits per heavy atom. The van der Waals surface area contributed by atoms with Crippen LogP contribution in [0.2, 0.25) is 0 Å². The van der Waals surface area contributed by atoms with E-state index in [0.29, 0.717) is 6.42 Å². The van der Waals surface area contributed by atoms with Gasteiger partial charge in [0.05, 0.1) is 11.0 Å². The van der Waals surface area contributed by atoms with Crippen molar-refractivity contribution >= 4 is 9.84 Å². The first-order chi connectivity index (χ1) is 8.58. The highest BCUT2D eigenvalue weighted by Crippen LogP contribution is 2.20. The van der Waals surface area contributed by atoms with E-state index in [4.69, 9.17) is 0 Å². The van der Waals surface area contributed by atoms with Crippen molar-refractivity contribution in [3.63, 3.8) is 0 Å². The predicted molar refractivity (Wildman–Crippen MR) is 71.2 cm³/mol. The molecule has 0 spiro atoms. The van der Waals surface area contributed by atoms with E-state index in [9.17, 15) is 13.5 Å². The topological polar surface area (TPSA) is 66.4 Å². The van der Waals surface area contributed by atoms with Crippen LogP contribution in [0.15, 0.2) is 24.3 Å². The quantitative estimate of drug-likeness (QED) is 0.871. The fraction of sp³-hybridized carbons (Fsp3) is 0.538. The minimum atomic E-state index is -3.09. The molecule has 1 fully saturated rings. The van der Waals surface area contributed by atoms with Gasteiger partial charge in [0.2, 0.25) is 0 Å². The summed E-state index contributed by atoms with van der Waals surface area (Å²) in [4.78, 5) is 0. The molecule has 18 heavy (non-hydrogen) atoms. The second kappa shape index (κ2) is 5.71. The summed E-state index contributed by atoms with van der Waals surface area (Å²) in [5.41, 5.74) is 0.741. The Morgan fingerprint density at radius 1 is 1.17 bits per heavy atom. The molecule has 1 heterocycles. The maximum atomic E-state index is 12.3. The molecular weight excluding hydrogens is 250 g/mol. The molecule has 1 unspecified atom stereocenters. The third-order valence-electron chi connectivity index (χ3n) is 3.33. The first-order valence-corrected chi connectivity index (χ1v) is 8.00. The van der Waals surface area contributed by atoms with Gasteiger partial charge >= 0.3 is 0 Å². The van der Waals surface area contributed by atoms with Crippen molar-refractivity contribution < 1.29 is 13.5 Å². The molecule has 0 saturated carbocycles. The summed E-state index contributed by atoms with van der Waals surface area (Å²) in [6.07, 6.45) is 2.35. The first kappa shape index (κ1) is 13.4. The molecule has 5 heteroatoms. The van der Waals surface area contributed by atoms with Crippen LogP contribution in [0, 0.1) is 0 Å². The van der Waals surface area contributed by atoms with Gasteiger partial charge in [0.25, 0.3) is 0 Å². The molecule has 4 nitrogen and oxygen atoms in total. The Balaban J connectivity index is 2.08. The average Bonchev–Trinajstić information content (AvgIpc) is 2.61. The summed E-state index contributed by atoms with van der Waals surface area (Å²) in [6.45, 7) is 1.69. The molecule has 0 aliphatic carbocycles. The molecule has 2 rings (SSSR count). The Morgan fingerprint density at radius 3 is 2.61 bits per heavy atom. The van der Waals surface area contributed by atoms with E-state index in [2.05, 4.69) is 5.32 Å².